The summed E-state index contributed by atoms with van der Waals surface area (Å²) in [7, 11) is 0. The second-order valence-electron chi connectivity index (χ2n) is 4.34. The SMILES string of the molecule is CCOc1ccccc1-n1c(N)nc2cc(Cl)ccc21. The highest BCUT2D eigenvalue weighted by atomic mass is 35.5. The van der Waals surface area contributed by atoms with Crippen molar-refractivity contribution in [3.8, 4) is 11.4 Å². The van der Waals surface area contributed by atoms with Gasteiger partial charge in [0.1, 0.15) is 5.75 Å². The van der Waals surface area contributed by atoms with Gasteiger partial charge in [-0.05, 0) is 37.3 Å². The Morgan fingerprint density at radius 2 is 2.05 bits per heavy atom. The Morgan fingerprint density at radius 3 is 2.85 bits per heavy atom. The van der Waals surface area contributed by atoms with E-state index in [2.05, 4.69) is 4.98 Å². The predicted molar refractivity (Wildman–Crippen MR) is 81.7 cm³/mol. The van der Waals surface area contributed by atoms with Crippen molar-refractivity contribution in [3.63, 3.8) is 0 Å². The van der Waals surface area contributed by atoms with Gasteiger partial charge in [-0.25, -0.2) is 4.98 Å². The molecule has 3 aromatic rings. The number of hydrogen-bond donors (Lipinski definition) is 1. The molecule has 1 heterocycles. The van der Waals surface area contributed by atoms with Crippen LogP contribution in [0.4, 0.5) is 5.95 Å². The third kappa shape index (κ3) is 2.08. The maximum absolute atomic E-state index is 6.05. The molecular formula is C15H14ClN3O. The number of benzene rings is 2. The molecule has 20 heavy (non-hydrogen) atoms. The van der Waals surface area contributed by atoms with Crippen molar-refractivity contribution in [2.45, 2.75) is 6.92 Å². The highest BCUT2D eigenvalue weighted by Gasteiger charge is 2.13. The van der Waals surface area contributed by atoms with Crippen LogP contribution in [0.1, 0.15) is 6.92 Å². The topological polar surface area (TPSA) is 53.1 Å². The highest BCUT2D eigenvalue weighted by Crippen LogP contribution is 2.30. The first-order valence-electron chi connectivity index (χ1n) is 6.36. The Hall–Kier alpha value is -2.20. The smallest absolute Gasteiger partial charge is 0.206 e. The Kier molecular flexibility index (Phi) is 3.24. The second-order valence-corrected chi connectivity index (χ2v) is 4.78. The zero-order valence-electron chi connectivity index (χ0n) is 11.0. The summed E-state index contributed by atoms with van der Waals surface area (Å²) < 4.78 is 7.53. The second kappa shape index (κ2) is 5.06. The molecule has 3 rings (SSSR count). The molecule has 0 saturated heterocycles. The van der Waals surface area contributed by atoms with Crippen molar-refractivity contribution in [2.75, 3.05) is 12.3 Å². The van der Waals surface area contributed by atoms with Crippen LogP contribution in [0.15, 0.2) is 42.5 Å². The Balaban J connectivity index is 2.27. The van der Waals surface area contributed by atoms with E-state index in [0.29, 0.717) is 17.6 Å². The maximum atomic E-state index is 6.05. The van der Waals surface area contributed by atoms with Gasteiger partial charge in [-0.15, -0.1) is 0 Å². The molecule has 2 N–H and O–H groups in total. The molecule has 2 aromatic carbocycles. The molecule has 5 heteroatoms. The lowest BCUT2D eigenvalue weighted by Crippen LogP contribution is -2.04. The van der Waals surface area contributed by atoms with Crippen molar-refractivity contribution in [1.29, 1.82) is 0 Å². The van der Waals surface area contributed by atoms with E-state index >= 15 is 0 Å². The molecule has 0 unspecified atom stereocenters. The Labute approximate surface area is 121 Å². The lowest BCUT2D eigenvalue weighted by atomic mass is 10.2. The van der Waals surface area contributed by atoms with Gasteiger partial charge in [0, 0.05) is 5.02 Å². The molecule has 0 radical (unpaired) electrons. The number of imidazole rings is 1. The van der Waals surface area contributed by atoms with Gasteiger partial charge in [-0.2, -0.15) is 0 Å². The molecule has 0 aliphatic rings. The molecule has 0 fully saturated rings. The summed E-state index contributed by atoms with van der Waals surface area (Å²) in [6.45, 7) is 2.54. The van der Waals surface area contributed by atoms with E-state index in [-0.39, 0.29) is 0 Å². The van der Waals surface area contributed by atoms with Crippen LogP contribution in [0.25, 0.3) is 16.7 Å². The summed E-state index contributed by atoms with van der Waals surface area (Å²) in [6.07, 6.45) is 0. The number of halogens is 1. The van der Waals surface area contributed by atoms with Crippen LogP contribution in [0, 0.1) is 0 Å². The number of ether oxygens (including phenoxy) is 1. The zero-order valence-corrected chi connectivity index (χ0v) is 11.8. The molecule has 1 aromatic heterocycles. The normalized spacial score (nSPS) is 10.9. The van der Waals surface area contributed by atoms with Crippen LogP contribution in [0.5, 0.6) is 5.75 Å². The summed E-state index contributed by atoms with van der Waals surface area (Å²) in [6, 6.07) is 13.3. The molecule has 102 valence electrons. The van der Waals surface area contributed by atoms with Crippen molar-refractivity contribution in [2.24, 2.45) is 0 Å². The minimum Gasteiger partial charge on any atom is -0.492 e. The quantitative estimate of drug-likeness (QED) is 0.800. The number of nitrogens with zero attached hydrogens (tertiary/aromatic N) is 2. The number of rotatable bonds is 3. The lowest BCUT2D eigenvalue weighted by molar-refractivity contribution is 0.339. The average molecular weight is 288 g/mol. The van der Waals surface area contributed by atoms with Gasteiger partial charge >= 0.3 is 0 Å². The van der Waals surface area contributed by atoms with E-state index in [1.807, 2.05) is 47.9 Å². The van der Waals surface area contributed by atoms with Crippen LogP contribution in [-0.2, 0) is 0 Å². The maximum Gasteiger partial charge on any atom is 0.206 e. The third-order valence-corrected chi connectivity index (χ3v) is 3.28. The minimum absolute atomic E-state index is 0.411. The van der Waals surface area contributed by atoms with Crippen molar-refractivity contribution >= 4 is 28.6 Å². The van der Waals surface area contributed by atoms with E-state index in [9.17, 15) is 0 Å². The fourth-order valence-electron chi connectivity index (χ4n) is 2.24. The molecule has 0 bridgehead atoms. The van der Waals surface area contributed by atoms with E-state index in [1.165, 1.54) is 0 Å². The minimum atomic E-state index is 0.411. The number of para-hydroxylation sites is 2. The number of hydrogen-bond acceptors (Lipinski definition) is 3. The first kappa shape index (κ1) is 12.8. The summed E-state index contributed by atoms with van der Waals surface area (Å²) in [4.78, 5) is 4.35. The van der Waals surface area contributed by atoms with E-state index in [4.69, 9.17) is 22.1 Å². The monoisotopic (exact) mass is 287 g/mol. The summed E-state index contributed by atoms with van der Waals surface area (Å²) in [5.41, 5.74) is 8.59. The number of nitrogen functional groups attached to an aromatic ring is 1. The zero-order chi connectivity index (χ0) is 14.1. The summed E-state index contributed by atoms with van der Waals surface area (Å²) in [5, 5.41) is 0.639. The van der Waals surface area contributed by atoms with Crippen molar-refractivity contribution in [1.82, 2.24) is 9.55 Å². The van der Waals surface area contributed by atoms with Crippen LogP contribution >= 0.6 is 11.6 Å². The largest absolute Gasteiger partial charge is 0.492 e. The highest BCUT2D eigenvalue weighted by molar-refractivity contribution is 6.31. The van der Waals surface area contributed by atoms with Gasteiger partial charge in [0.2, 0.25) is 5.95 Å². The molecular weight excluding hydrogens is 274 g/mol. The Bertz CT molecular complexity index is 767. The summed E-state index contributed by atoms with van der Waals surface area (Å²) >= 11 is 5.99. The van der Waals surface area contributed by atoms with Gasteiger partial charge in [-0.3, -0.25) is 4.57 Å². The van der Waals surface area contributed by atoms with Crippen molar-refractivity contribution in [3.05, 3.63) is 47.5 Å². The van der Waals surface area contributed by atoms with Gasteiger partial charge in [0.05, 0.1) is 23.3 Å². The number of anilines is 1. The van der Waals surface area contributed by atoms with Gasteiger partial charge < -0.3 is 10.5 Å². The fourth-order valence-corrected chi connectivity index (χ4v) is 2.41. The lowest BCUT2D eigenvalue weighted by Gasteiger charge is -2.12. The first-order chi connectivity index (χ1) is 9.70. The molecule has 0 aliphatic heterocycles. The standard InChI is InChI=1S/C15H14ClN3O/c1-2-20-14-6-4-3-5-13(14)19-12-8-7-10(16)9-11(12)18-15(19)17/h3-9H,2H2,1H3,(H2,17,18). The number of fused-ring (bicyclic) bond motifs is 1. The Morgan fingerprint density at radius 1 is 1.25 bits per heavy atom. The van der Waals surface area contributed by atoms with Crippen LogP contribution in [0.2, 0.25) is 5.02 Å². The number of nitrogens with two attached hydrogens (primary N) is 1. The third-order valence-electron chi connectivity index (χ3n) is 3.05. The molecule has 0 atom stereocenters. The van der Waals surface area contributed by atoms with Crippen molar-refractivity contribution < 1.29 is 4.74 Å². The molecule has 0 amide bonds. The van der Waals surface area contributed by atoms with Crippen LogP contribution in [-0.4, -0.2) is 16.2 Å². The molecule has 0 saturated carbocycles. The molecule has 4 nitrogen and oxygen atoms in total. The van der Waals surface area contributed by atoms with Crippen LogP contribution < -0.4 is 10.5 Å². The van der Waals surface area contributed by atoms with E-state index < -0.39 is 0 Å². The first-order valence-corrected chi connectivity index (χ1v) is 6.74. The average Bonchev–Trinajstić information content (AvgIpc) is 2.75. The molecule has 0 spiro atoms. The number of aromatic nitrogens is 2. The van der Waals surface area contributed by atoms with Gasteiger partial charge in [0.25, 0.3) is 0 Å². The van der Waals surface area contributed by atoms with Crippen LogP contribution in [0.3, 0.4) is 0 Å². The predicted octanol–water partition coefficient (Wildman–Crippen LogP) is 3.66. The summed E-state index contributed by atoms with van der Waals surface area (Å²) in [5.74, 6) is 1.19. The van der Waals surface area contributed by atoms with Gasteiger partial charge in [-0.1, -0.05) is 23.7 Å². The van der Waals surface area contributed by atoms with Gasteiger partial charge in [0.15, 0.2) is 0 Å². The van der Waals surface area contributed by atoms with E-state index in [1.54, 1.807) is 6.07 Å². The molecule has 0 aliphatic carbocycles. The van der Waals surface area contributed by atoms with E-state index in [0.717, 1.165) is 22.5 Å². The fraction of sp³-hybridized carbons (Fsp3) is 0.133.